The van der Waals surface area contributed by atoms with Gasteiger partial charge in [-0.2, -0.15) is 0 Å². The number of rotatable bonds is 8. The highest BCUT2D eigenvalue weighted by molar-refractivity contribution is 6.02. The maximum Gasteiger partial charge on any atom is 0.262 e. The van der Waals surface area contributed by atoms with Gasteiger partial charge in [0.25, 0.3) is 11.8 Å². The fraction of sp³-hybridized carbons (Fsp3) is 0.172. The zero-order valence-corrected chi connectivity index (χ0v) is 19.4. The number of hydrogen-bond acceptors (Lipinski definition) is 3. The lowest BCUT2D eigenvalue weighted by molar-refractivity contribution is -0.118. The molecule has 0 heterocycles. The zero-order valence-electron chi connectivity index (χ0n) is 19.4. The second-order valence-corrected chi connectivity index (χ2v) is 8.16. The second-order valence-electron chi connectivity index (χ2n) is 8.16. The number of carbonyl (C=O) groups is 2. The smallest absolute Gasteiger partial charge is 0.262 e. The van der Waals surface area contributed by atoms with Crippen molar-refractivity contribution in [3.8, 4) is 5.75 Å². The fourth-order valence-corrected chi connectivity index (χ4v) is 3.91. The van der Waals surface area contributed by atoms with Gasteiger partial charge >= 0.3 is 0 Å². The lowest BCUT2D eigenvalue weighted by atomic mass is 10.0. The van der Waals surface area contributed by atoms with Crippen molar-refractivity contribution in [3.63, 3.8) is 0 Å². The van der Waals surface area contributed by atoms with Gasteiger partial charge in [-0.05, 0) is 52.9 Å². The van der Waals surface area contributed by atoms with Crippen molar-refractivity contribution >= 4 is 28.3 Å². The molecule has 2 N–H and O–H groups in total. The molecule has 0 spiro atoms. The maximum absolute atomic E-state index is 13.1. The summed E-state index contributed by atoms with van der Waals surface area (Å²) in [5.74, 6) is -0.148. The molecule has 0 radical (unpaired) electrons. The van der Waals surface area contributed by atoms with E-state index in [1.54, 1.807) is 6.07 Å². The van der Waals surface area contributed by atoms with E-state index in [0.717, 1.165) is 39.6 Å². The van der Waals surface area contributed by atoms with Crippen LogP contribution in [0.1, 0.15) is 34.0 Å². The lowest BCUT2D eigenvalue weighted by Gasteiger charge is -2.15. The number of aryl methyl sites for hydroxylation is 2. The highest BCUT2D eigenvalue weighted by Crippen LogP contribution is 2.27. The van der Waals surface area contributed by atoms with Gasteiger partial charge in [-0.1, -0.05) is 79.7 Å². The molecule has 0 atom stereocenters. The van der Waals surface area contributed by atoms with Gasteiger partial charge < -0.3 is 15.4 Å². The molecule has 0 saturated carbocycles. The van der Waals surface area contributed by atoms with Crippen LogP contribution in [0.15, 0.2) is 84.9 Å². The molecule has 4 aromatic rings. The third-order valence-electron chi connectivity index (χ3n) is 5.75. The van der Waals surface area contributed by atoms with Crippen molar-refractivity contribution in [2.75, 3.05) is 11.9 Å². The summed E-state index contributed by atoms with van der Waals surface area (Å²) in [4.78, 5) is 25.8. The van der Waals surface area contributed by atoms with E-state index >= 15 is 0 Å². The minimum Gasteiger partial charge on any atom is -0.483 e. The molecule has 0 aromatic heterocycles. The van der Waals surface area contributed by atoms with E-state index in [4.69, 9.17) is 4.74 Å². The first kappa shape index (κ1) is 23.1. The summed E-state index contributed by atoms with van der Waals surface area (Å²) < 4.78 is 5.89. The van der Waals surface area contributed by atoms with Crippen molar-refractivity contribution in [1.29, 1.82) is 0 Å². The van der Waals surface area contributed by atoms with Crippen LogP contribution < -0.4 is 15.4 Å². The van der Waals surface area contributed by atoms with E-state index in [0.29, 0.717) is 17.9 Å². The largest absolute Gasteiger partial charge is 0.483 e. The predicted octanol–water partition coefficient (Wildman–Crippen LogP) is 5.66. The number of para-hydroxylation sites is 1. The average Bonchev–Trinajstić information content (AvgIpc) is 2.87. The summed E-state index contributed by atoms with van der Waals surface area (Å²) in [6.45, 7) is 4.22. The van der Waals surface area contributed by atoms with Crippen LogP contribution >= 0.6 is 0 Å². The first-order chi connectivity index (χ1) is 16.5. The van der Waals surface area contributed by atoms with Crippen LogP contribution in [-0.2, 0) is 17.8 Å². The molecular formula is C29H28N2O3. The van der Waals surface area contributed by atoms with Crippen LogP contribution in [0.25, 0.3) is 10.8 Å². The molecule has 5 heteroatoms. The quantitative estimate of drug-likeness (QED) is 0.363. The van der Waals surface area contributed by atoms with E-state index in [9.17, 15) is 9.59 Å². The molecule has 0 unspecified atom stereocenters. The number of ether oxygens (including phenoxy) is 1. The normalized spacial score (nSPS) is 10.6. The highest BCUT2D eigenvalue weighted by Gasteiger charge is 2.16. The van der Waals surface area contributed by atoms with Crippen LogP contribution in [0.3, 0.4) is 0 Å². The molecular weight excluding hydrogens is 424 g/mol. The Kier molecular flexibility index (Phi) is 7.23. The standard InChI is InChI=1S/C29H28N2O3/c1-3-22-15-9-10-20(2)28(22)31-27(32)19-34-26-17-24-14-8-7-13-23(24)16-25(26)29(33)30-18-21-11-5-4-6-12-21/h4-17H,3,18-19H2,1-2H3,(H,30,33)(H,31,32). The predicted molar refractivity (Wildman–Crippen MR) is 136 cm³/mol. The number of amides is 2. The van der Waals surface area contributed by atoms with Gasteiger partial charge in [-0.25, -0.2) is 0 Å². The third kappa shape index (κ3) is 5.44. The van der Waals surface area contributed by atoms with Gasteiger partial charge in [0.15, 0.2) is 6.61 Å². The minimum atomic E-state index is -0.271. The summed E-state index contributed by atoms with van der Waals surface area (Å²) in [5.41, 5.74) is 4.29. The van der Waals surface area contributed by atoms with Crippen LogP contribution in [0.5, 0.6) is 5.75 Å². The number of nitrogens with one attached hydrogen (secondary N) is 2. The summed E-state index contributed by atoms with van der Waals surface area (Å²) in [7, 11) is 0. The number of benzene rings is 4. The SMILES string of the molecule is CCc1cccc(C)c1NC(=O)COc1cc2ccccc2cc1C(=O)NCc1ccccc1. The molecule has 0 aliphatic carbocycles. The number of carbonyl (C=O) groups excluding carboxylic acids is 2. The molecule has 172 valence electrons. The van der Waals surface area contributed by atoms with E-state index in [1.165, 1.54) is 0 Å². The topological polar surface area (TPSA) is 67.4 Å². The van der Waals surface area contributed by atoms with Crippen LogP contribution in [0.2, 0.25) is 0 Å². The van der Waals surface area contributed by atoms with E-state index in [-0.39, 0.29) is 18.4 Å². The van der Waals surface area contributed by atoms with Crippen molar-refractivity contribution in [2.45, 2.75) is 26.8 Å². The van der Waals surface area contributed by atoms with Crippen molar-refractivity contribution in [1.82, 2.24) is 5.32 Å². The van der Waals surface area contributed by atoms with Gasteiger partial charge in [-0.15, -0.1) is 0 Å². The van der Waals surface area contributed by atoms with Crippen molar-refractivity contribution in [3.05, 3.63) is 107 Å². The Morgan fingerprint density at radius 2 is 1.56 bits per heavy atom. The summed E-state index contributed by atoms with van der Waals surface area (Å²) in [6.07, 6.45) is 0.814. The summed E-state index contributed by atoms with van der Waals surface area (Å²) in [6, 6.07) is 27.0. The summed E-state index contributed by atoms with van der Waals surface area (Å²) >= 11 is 0. The Hall–Kier alpha value is -4.12. The Labute approximate surface area is 199 Å². The maximum atomic E-state index is 13.1. The lowest BCUT2D eigenvalue weighted by Crippen LogP contribution is -2.25. The Morgan fingerprint density at radius 1 is 0.853 bits per heavy atom. The highest BCUT2D eigenvalue weighted by atomic mass is 16.5. The Bertz CT molecular complexity index is 1320. The molecule has 0 aliphatic rings. The molecule has 0 fully saturated rings. The second kappa shape index (κ2) is 10.7. The van der Waals surface area contributed by atoms with E-state index < -0.39 is 0 Å². The van der Waals surface area contributed by atoms with E-state index in [1.807, 2.05) is 85.8 Å². The van der Waals surface area contributed by atoms with Crippen molar-refractivity contribution in [2.24, 2.45) is 0 Å². The van der Waals surface area contributed by atoms with Gasteiger partial charge in [0.05, 0.1) is 5.56 Å². The number of anilines is 1. The molecule has 0 saturated heterocycles. The van der Waals surface area contributed by atoms with Crippen LogP contribution in [0.4, 0.5) is 5.69 Å². The van der Waals surface area contributed by atoms with Crippen molar-refractivity contribution < 1.29 is 14.3 Å². The monoisotopic (exact) mass is 452 g/mol. The van der Waals surface area contributed by atoms with E-state index in [2.05, 4.69) is 17.6 Å². The first-order valence-corrected chi connectivity index (χ1v) is 11.4. The number of hydrogen-bond donors (Lipinski definition) is 2. The fourth-order valence-electron chi connectivity index (χ4n) is 3.91. The zero-order chi connectivity index (χ0) is 23.9. The van der Waals surface area contributed by atoms with Gasteiger partial charge in [0, 0.05) is 12.2 Å². The molecule has 0 aliphatic heterocycles. The summed E-state index contributed by atoms with van der Waals surface area (Å²) in [5, 5.41) is 7.78. The minimum absolute atomic E-state index is 0.200. The van der Waals surface area contributed by atoms with Gasteiger partial charge in [0.2, 0.25) is 0 Å². The average molecular weight is 453 g/mol. The van der Waals surface area contributed by atoms with Crippen LogP contribution in [-0.4, -0.2) is 18.4 Å². The van der Waals surface area contributed by atoms with Gasteiger partial charge in [0.1, 0.15) is 5.75 Å². The number of fused-ring (bicyclic) bond motifs is 1. The Morgan fingerprint density at radius 3 is 2.29 bits per heavy atom. The molecule has 2 amide bonds. The third-order valence-corrected chi connectivity index (χ3v) is 5.75. The first-order valence-electron chi connectivity index (χ1n) is 11.4. The van der Waals surface area contributed by atoms with Gasteiger partial charge in [-0.3, -0.25) is 9.59 Å². The molecule has 5 nitrogen and oxygen atoms in total. The molecule has 4 aromatic carbocycles. The molecule has 0 bridgehead atoms. The Balaban J connectivity index is 1.53. The molecule has 4 rings (SSSR count). The van der Waals surface area contributed by atoms with Crippen LogP contribution in [0, 0.1) is 6.92 Å². The molecule has 34 heavy (non-hydrogen) atoms.